The molecule has 2 aromatic carbocycles. The molecule has 0 unspecified atom stereocenters. The number of tetrazole rings is 1. The lowest BCUT2D eigenvalue weighted by Gasteiger charge is -2.10. The van der Waals surface area contributed by atoms with Gasteiger partial charge in [0.1, 0.15) is 19.9 Å². The minimum atomic E-state index is -0.217. The van der Waals surface area contributed by atoms with E-state index in [2.05, 4.69) is 20.8 Å². The van der Waals surface area contributed by atoms with E-state index in [9.17, 15) is 4.79 Å². The molecule has 7 nitrogen and oxygen atoms in total. The monoisotopic (exact) mass is 321 g/mol. The molecular formula is C16H16BN5O2. The summed E-state index contributed by atoms with van der Waals surface area (Å²) >= 11 is 0. The maximum Gasteiger partial charge on any atom is 0.262 e. The summed E-state index contributed by atoms with van der Waals surface area (Å²) in [6, 6.07) is 13.0. The molecule has 0 radical (unpaired) electrons. The molecule has 0 atom stereocenters. The van der Waals surface area contributed by atoms with Crippen LogP contribution in [0.4, 0.5) is 5.69 Å². The van der Waals surface area contributed by atoms with E-state index in [1.54, 1.807) is 12.1 Å². The quantitative estimate of drug-likeness (QED) is 0.681. The van der Waals surface area contributed by atoms with Crippen LogP contribution in [0.15, 0.2) is 48.8 Å². The van der Waals surface area contributed by atoms with E-state index in [0.29, 0.717) is 5.75 Å². The highest BCUT2D eigenvalue weighted by Crippen LogP contribution is 2.16. The van der Waals surface area contributed by atoms with Crippen LogP contribution in [0.2, 0.25) is 0 Å². The number of rotatable bonds is 5. The number of anilines is 1. The molecule has 0 aliphatic carbocycles. The first-order valence-corrected chi connectivity index (χ1v) is 7.45. The number of aromatic nitrogens is 4. The van der Waals surface area contributed by atoms with Crippen LogP contribution >= 0.6 is 0 Å². The third-order valence-corrected chi connectivity index (χ3v) is 3.59. The molecule has 0 aliphatic rings. The summed E-state index contributed by atoms with van der Waals surface area (Å²) in [4.78, 5) is 12.0. The van der Waals surface area contributed by atoms with E-state index < -0.39 is 0 Å². The molecule has 1 heterocycles. The molecule has 0 saturated carbocycles. The lowest BCUT2D eigenvalue weighted by Crippen LogP contribution is -2.21. The fourth-order valence-corrected chi connectivity index (χ4v) is 2.16. The molecule has 3 aromatic rings. The SMILES string of the molecule is Bc1ccc(NC(=O)COc2cccc(-n3cnnn3)c2)cc1C. The first-order chi connectivity index (χ1) is 11.6. The molecule has 0 aliphatic heterocycles. The molecular weight excluding hydrogens is 305 g/mol. The van der Waals surface area contributed by atoms with Crippen molar-refractivity contribution in [2.75, 3.05) is 11.9 Å². The standard InChI is InChI=1S/C16H16BN5O2/c1-11-7-12(5-6-15(11)17)19-16(23)9-24-14-4-2-3-13(8-14)22-10-18-20-21-22/h2-8,10H,9,17H2,1H3,(H,19,23). The van der Waals surface area contributed by atoms with Gasteiger partial charge in [0.15, 0.2) is 6.61 Å². The number of nitrogens with zero attached hydrogens (tertiary/aromatic N) is 4. The minimum Gasteiger partial charge on any atom is -0.484 e. The van der Waals surface area contributed by atoms with E-state index in [1.807, 2.05) is 45.1 Å². The highest BCUT2D eigenvalue weighted by molar-refractivity contribution is 6.33. The van der Waals surface area contributed by atoms with Gasteiger partial charge in [-0.25, -0.2) is 4.68 Å². The van der Waals surface area contributed by atoms with Crippen LogP contribution < -0.4 is 15.5 Å². The lowest BCUT2D eigenvalue weighted by molar-refractivity contribution is -0.118. The second kappa shape index (κ2) is 6.95. The van der Waals surface area contributed by atoms with Gasteiger partial charge in [-0.1, -0.05) is 23.2 Å². The first-order valence-electron chi connectivity index (χ1n) is 7.45. The number of aryl methyl sites for hydroxylation is 1. The Morgan fingerprint density at radius 2 is 2.17 bits per heavy atom. The van der Waals surface area contributed by atoms with Crippen molar-refractivity contribution in [3.63, 3.8) is 0 Å². The average Bonchev–Trinajstić information content (AvgIpc) is 3.11. The lowest BCUT2D eigenvalue weighted by atomic mass is 9.91. The molecule has 8 heteroatoms. The van der Waals surface area contributed by atoms with Crippen molar-refractivity contribution in [2.45, 2.75) is 6.92 Å². The van der Waals surface area contributed by atoms with Crippen molar-refractivity contribution in [3.05, 3.63) is 54.4 Å². The second-order valence-electron chi connectivity index (χ2n) is 5.39. The summed E-state index contributed by atoms with van der Waals surface area (Å²) in [5.74, 6) is 0.351. The van der Waals surface area contributed by atoms with Crippen LogP contribution in [-0.2, 0) is 4.79 Å². The number of hydrogen-bond donors (Lipinski definition) is 1. The maximum absolute atomic E-state index is 12.0. The zero-order valence-corrected chi connectivity index (χ0v) is 13.4. The molecule has 1 N–H and O–H groups in total. The summed E-state index contributed by atoms with van der Waals surface area (Å²) in [6.07, 6.45) is 1.49. The fraction of sp³-hybridized carbons (Fsp3) is 0.125. The smallest absolute Gasteiger partial charge is 0.262 e. The van der Waals surface area contributed by atoms with Crippen molar-refractivity contribution in [1.82, 2.24) is 20.2 Å². The maximum atomic E-state index is 12.0. The fourth-order valence-electron chi connectivity index (χ4n) is 2.16. The van der Waals surface area contributed by atoms with Crippen molar-refractivity contribution in [2.24, 2.45) is 0 Å². The summed E-state index contributed by atoms with van der Waals surface area (Å²) in [5, 5.41) is 13.8. The summed E-state index contributed by atoms with van der Waals surface area (Å²) in [5.41, 5.74) is 3.83. The summed E-state index contributed by atoms with van der Waals surface area (Å²) in [7, 11) is 2.03. The molecule has 120 valence electrons. The van der Waals surface area contributed by atoms with Crippen molar-refractivity contribution >= 4 is 24.9 Å². The minimum absolute atomic E-state index is 0.0774. The van der Waals surface area contributed by atoms with Crippen LogP contribution in [-0.4, -0.2) is 40.6 Å². The van der Waals surface area contributed by atoms with Gasteiger partial charge >= 0.3 is 0 Å². The molecule has 3 rings (SSSR count). The molecule has 24 heavy (non-hydrogen) atoms. The third kappa shape index (κ3) is 3.78. The predicted octanol–water partition coefficient (Wildman–Crippen LogP) is 0.247. The Morgan fingerprint density at radius 3 is 2.92 bits per heavy atom. The average molecular weight is 321 g/mol. The highest BCUT2D eigenvalue weighted by atomic mass is 16.5. The van der Waals surface area contributed by atoms with Crippen LogP contribution in [0.1, 0.15) is 5.56 Å². The van der Waals surface area contributed by atoms with Gasteiger partial charge in [0.25, 0.3) is 5.91 Å². The van der Waals surface area contributed by atoms with Gasteiger partial charge in [-0.15, -0.1) is 5.10 Å². The molecule has 0 spiro atoms. The van der Waals surface area contributed by atoms with Crippen LogP contribution in [0.25, 0.3) is 5.69 Å². The van der Waals surface area contributed by atoms with Gasteiger partial charge in [-0.2, -0.15) is 0 Å². The summed E-state index contributed by atoms with van der Waals surface area (Å²) in [6.45, 7) is 1.93. The van der Waals surface area contributed by atoms with E-state index in [4.69, 9.17) is 4.74 Å². The van der Waals surface area contributed by atoms with Crippen molar-refractivity contribution < 1.29 is 9.53 Å². The highest BCUT2D eigenvalue weighted by Gasteiger charge is 2.06. The first kappa shape index (κ1) is 15.7. The number of carbonyl (C=O) groups excluding carboxylic acids is 1. The third-order valence-electron chi connectivity index (χ3n) is 3.59. The Kier molecular flexibility index (Phi) is 4.55. The number of hydrogen-bond acceptors (Lipinski definition) is 5. The van der Waals surface area contributed by atoms with Crippen LogP contribution in [0, 0.1) is 6.92 Å². The van der Waals surface area contributed by atoms with Crippen LogP contribution in [0.5, 0.6) is 5.75 Å². The van der Waals surface area contributed by atoms with Gasteiger partial charge in [0.2, 0.25) is 0 Å². The number of carbonyl (C=O) groups is 1. The van der Waals surface area contributed by atoms with Gasteiger partial charge in [0.05, 0.1) is 5.69 Å². The van der Waals surface area contributed by atoms with E-state index in [0.717, 1.165) is 16.9 Å². The van der Waals surface area contributed by atoms with Crippen molar-refractivity contribution in [3.8, 4) is 11.4 Å². The molecule has 1 amide bonds. The number of amides is 1. The van der Waals surface area contributed by atoms with Crippen LogP contribution in [0.3, 0.4) is 0 Å². The number of benzene rings is 2. The molecule has 0 fully saturated rings. The topological polar surface area (TPSA) is 81.9 Å². The van der Waals surface area contributed by atoms with E-state index >= 15 is 0 Å². The van der Waals surface area contributed by atoms with Gasteiger partial charge < -0.3 is 10.1 Å². The second-order valence-corrected chi connectivity index (χ2v) is 5.39. The number of nitrogens with one attached hydrogen (secondary N) is 1. The molecule has 0 saturated heterocycles. The van der Waals surface area contributed by atoms with E-state index in [-0.39, 0.29) is 12.5 Å². The van der Waals surface area contributed by atoms with Crippen molar-refractivity contribution in [1.29, 1.82) is 0 Å². The Hall–Kier alpha value is -3.16. The molecule has 0 bridgehead atoms. The van der Waals surface area contributed by atoms with Gasteiger partial charge in [-0.3, -0.25) is 4.79 Å². The largest absolute Gasteiger partial charge is 0.484 e. The zero-order valence-electron chi connectivity index (χ0n) is 13.4. The molecule has 1 aromatic heterocycles. The Balaban J connectivity index is 1.60. The Bertz CT molecular complexity index is 851. The van der Waals surface area contributed by atoms with Gasteiger partial charge in [-0.05, 0) is 41.6 Å². The zero-order chi connectivity index (χ0) is 16.9. The van der Waals surface area contributed by atoms with E-state index in [1.165, 1.54) is 16.5 Å². The number of ether oxygens (including phenoxy) is 1. The Morgan fingerprint density at radius 1 is 1.29 bits per heavy atom. The predicted molar refractivity (Wildman–Crippen MR) is 92.6 cm³/mol. The Labute approximate surface area is 140 Å². The summed E-state index contributed by atoms with van der Waals surface area (Å²) < 4.78 is 7.05. The normalized spacial score (nSPS) is 10.4. The van der Waals surface area contributed by atoms with Gasteiger partial charge in [0, 0.05) is 11.8 Å².